The van der Waals surface area contributed by atoms with Crippen molar-refractivity contribution in [2.75, 3.05) is 6.54 Å². The summed E-state index contributed by atoms with van der Waals surface area (Å²) in [5, 5.41) is 3.42. The molecule has 2 aliphatic rings. The molecule has 10 heteroatoms. The molecule has 4 amide bonds. The van der Waals surface area contributed by atoms with Gasteiger partial charge >= 0.3 is 6.03 Å². The van der Waals surface area contributed by atoms with Crippen molar-refractivity contribution in [3.63, 3.8) is 0 Å². The van der Waals surface area contributed by atoms with Crippen molar-refractivity contribution in [2.24, 2.45) is 0 Å². The van der Waals surface area contributed by atoms with Crippen LogP contribution in [-0.4, -0.2) is 43.4 Å². The number of carbonyl (C=O) groups is 3. The second kappa shape index (κ2) is 7.28. The number of urea groups is 1. The van der Waals surface area contributed by atoms with E-state index in [-0.39, 0.29) is 17.0 Å². The van der Waals surface area contributed by atoms with E-state index in [2.05, 4.69) is 15.5 Å². The Morgan fingerprint density at radius 3 is 2.37 bits per heavy atom. The number of hydrogen-bond acceptors (Lipinski definition) is 5. The first-order valence-corrected chi connectivity index (χ1v) is 10.3. The lowest BCUT2D eigenvalue weighted by atomic mass is 9.82. The van der Waals surface area contributed by atoms with Crippen molar-refractivity contribution in [2.45, 2.75) is 49.5 Å². The Hall–Kier alpha value is -2.46. The molecule has 1 aliphatic heterocycles. The smallest absolute Gasteiger partial charge is 0.322 e. The number of nitrogens with zero attached hydrogens (tertiary/aromatic N) is 1. The van der Waals surface area contributed by atoms with Crippen LogP contribution in [0, 0.1) is 0 Å². The molecule has 0 unspecified atom stereocenters. The quantitative estimate of drug-likeness (QED) is 0.640. The topological polar surface area (TPSA) is 125 Å². The molecule has 3 N–H and O–H groups in total. The third kappa shape index (κ3) is 3.67. The summed E-state index contributed by atoms with van der Waals surface area (Å²) in [5.41, 5.74) is 1.53. The summed E-state index contributed by atoms with van der Waals surface area (Å²) in [6.07, 6.45) is 3.81. The van der Waals surface area contributed by atoms with Gasteiger partial charge in [-0.3, -0.25) is 15.0 Å². The number of imide groups is 1. The van der Waals surface area contributed by atoms with E-state index in [1.165, 1.54) is 24.3 Å². The zero-order valence-electron chi connectivity index (χ0n) is 14.9. The Balaban J connectivity index is 1.72. The fourth-order valence-corrected chi connectivity index (χ4v) is 4.48. The van der Waals surface area contributed by atoms with Gasteiger partial charge in [0.1, 0.15) is 5.54 Å². The zero-order valence-corrected chi connectivity index (χ0v) is 15.8. The highest BCUT2D eigenvalue weighted by atomic mass is 32.2. The van der Waals surface area contributed by atoms with Crippen LogP contribution in [0.3, 0.4) is 0 Å². The van der Waals surface area contributed by atoms with Gasteiger partial charge < -0.3 is 5.32 Å². The molecule has 0 bridgehead atoms. The fraction of sp³-hybridized carbons (Fsp3) is 0.471. The summed E-state index contributed by atoms with van der Waals surface area (Å²) in [6, 6.07) is 4.59. The van der Waals surface area contributed by atoms with Crippen LogP contribution < -0.4 is 15.5 Å². The van der Waals surface area contributed by atoms with E-state index < -0.39 is 33.4 Å². The van der Waals surface area contributed by atoms with Crippen LogP contribution in [0.25, 0.3) is 0 Å². The first-order valence-electron chi connectivity index (χ1n) is 8.86. The maximum absolute atomic E-state index is 12.7. The maximum atomic E-state index is 12.7. The number of amides is 4. The average molecular weight is 394 g/mol. The Morgan fingerprint density at radius 1 is 1.15 bits per heavy atom. The Bertz CT molecular complexity index is 860. The molecule has 1 aromatic rings. The summed E-state index contributed by atoms with van der Waals surface area (Å²) >= 11 is 0. The van der Waals surface area contributed by atoms with Crippen molar-refractivity contribution < 1.29 is 22.8 Å². The molecular weight excluding hydrogens is 372 g/mol. The van der Waals surface area contributed by atoms with E-state index in [0.717, 1.165) is 24.3 Å². The summed E-state index contributed by atoms with van der Waals surface area (Å²) in [5.74, 6) is -1.12. The van der Waals surface area contributed by atoms with Crippen LogP contribution in [0.15, 0.2) is 29.2 Å². The lowest BCUT2D eigenvalue weighted by molar-refractivity contribution is -0.134. The lowest BCUT2D eigenvalue weighted by Gasteiger charge is -2.30. The van der Waals surface area contributed by atoms with Crippen molar-refractivity contribution in [3.8, 4) is 0 Å². The van der Waals surface area contributed by atoms with Crippen LogP contribution in [-0.2, 0) is 14.8 Å². The van der Waals surface area contributed by atoms with Crippen molar-refractivity contribution in [1.29, 1.82) is 0 Å². The Morgan fingerprint density at radius 2 is 1.78 bits per heavy atom. The molecule has 146 valence electrons. The second-order valence-corrected chi connectivity index (χ2v) is 8.45. The van der Waals surface area contributed by atoms with Crippen LogP contribution in [0.4, 0.5) is 4.79 Å². The predicted octanol–water partition coefficient (Wildman–Crippen LogP) is 0.884. The van der Waals surface area contributed by atoms with Gasteiger partial charge in [0.15, 0.2) is 0 Å². The summed E-state index contributed by atoms with van der Waals surface area (Å²) < 4.78 is 26.2. The van der Waals surface area contributed by atoms with Gasteiger partial charge in [0.25, 0.3) is 11.8 Å². The first kappa shape index (κ1) is 19.3. The molecule has 1 aliphatic carbocycles. The predicted molar refractivity (Wildman–Crippen MR) is 96.0 cm³/mol. The number of benzene rings is 1. The zero-order chi connectivity index (χ0) is 19.7. The molecule has 0 aromatic heterocycles. The minimum Gasteiger partial charge on any atom is -0.322 e. The van der Waals surface area contributed by atoms with Crippen LogP contribution in [0.2, 0.25) is 0 Å². The van der Waals surface area contributed by atoms with Gasteiger partial charge in [-0.25, -0.2) is 17.9 Å². The number of sulfonamides is 1. The van der Waals surface area contributed by atoms with Crippen molar-refractivity contribution >= 4 is 27.9 Å². The number of carbonyl (C=O) groups excluding carboxylic acids is 3. The van der Waals surface area contributed by atoms with Gasteiger partial charge in [-0.15, -0.1) is 0 Å². The molecule has 1 heterocycles. The Kier molecular flexibility index (Phi) is 5.20. The molecule has 1 saturated heterocycles. The highest BCUT2D eigenvalue weighted by molar-refractivity contribution is 7.89. The van der Waals surface area contributed by atoms with Gasteiger partial charge in [-0.1, -0.05) is 26.2 Å². The SMILES string of the molecule is CCNS(=O)(=O)c1ccc(C(=O)NN2C(=O)NC3(CCCCC3)C2=O)cc1. The monoisotopic (exact) mass is 394 g/mol. The summed E-state index contributed by atoms with van der Waals surface area (Å²) in [4.78, 5) is 37.3. The molecule has 0 atom stereocenters. The van der Waals surface area contributed by atoms with Crippen molar-refractivity contribution in [3.05, 3.63) is 29.8 Å². The van der Waals surface area contributed by atoms with Crippen LogP contribution >= 0.6 is 0 Å². The Labute approximate surface area is 157 Å². The van der Waals surface area contributed by atoms with E-state index in [9.17, 15) is 22.8 Å². The van der Waals surface area contributed by atoms with E-state index in [0.29, 0.717) is 12.8 Å². The number of nitrogens with one attached hydrogen (secondary N) is 3. The second-order valence-electron chi connectivity index (χ2n) is 6.68. The van der Waals surface area contributed by atoms with E-state index in [1.807, 2.05) is 0 Å². The molecule has 1 aromatic carbocycles. The number of hydrazine groups is 1. The summed E-state index contributed by atoms with van der Waals surface area (Å²) in [6.45, 7) is 1.91. The molecule has 9 nitrogen and oxygen atoms in total. The van der Waals surface area contributed by atoms with E-state index in [4.69, 9.17) is 0 Å². The molecular formula is C17H22N4O5S. The molecule has 3 rings (SSSR count). The van der Waals surface area contributed by atoms with E-state index >= 15 is 0 Å². The third-order valence-electron chi connectivity index (χ3n) is 4.84. The molecule has 27 heavy (non-hydrogen) atoms. The minimum atomic E-state index is -3.62. The molecule has 1 saturated carbocycles. The summed E-state index contributed by atoms with van der Waals surface area (Å²) in [7, 11) is -3.62. The first-order chi connectivity index (χ1) is 12.8. The van der Waals surface area contributed by atoms with Gasteiger partial charge in [0.05, 0.1) is 4.90 Å². The van der Waals surface area contributed by atoms with Crippen LogP contribution in [0.5, 0.6) is 0 Å². The highest BCUT2D eigenvalue weighted by Gasteiger charge is 2.52. The van der Waals surface area contributed by atoms with E-state index in [1.54, 1.807) is 6.92 Å². The van der Waals surface area contributed by atoms with Gasteiger partial charge in [0.2, 0.25) is 10.0 Å². The average Bonchev–Trinajstić information content (AvgIpc) is 2.86. The fourth-order valence-electron chi connectivity index (χ4n) is 3.44. The van der Waals surface area contributed by atoms with Gasteiger partial charge in [-0.2, -0.15) is 5.01 Å². The maximum Gasteiger partial charge on any atom is 0.344 e. The number of hydrogen-bond donors (Lipinski definition) is 3. The lowest BCUT2D eigenvalue weighted by Crippen LogP contribution is -2.50. The van der Waals surface area contributed by atoms with Crippen LogP contribution in [0.1, 0.15) is 49.4 Å². The molecule has 1 spiro atoms. The standard InChI is InChI=1S/C17H22N4O5S/c1-2-18-27(25,26)13-8-6-12(7-9-13)14(22)20-21-15(23)17(19-16(21)24)10-4-3-5-11-17/h6-9,18H,2-5,10-11H2,1H3,(H,19,24)(H,20,22). The van der Waals surface area contributed by atoms with Gasteiger partial charge in [0, 0.05) is 12.1 Å². The largest absolute Gasteiger partial charge is 0.344 e. The normalized spacial score (nSPS) is 19.2. The minimum absolute atomic E-state index is 0.0250. The van der Waals surface area contributed by atoms with Crippen molar-refractivity contribution in [1.82, 2.24) is 20.5 Å². The molecule has 2 fully saturated rings. The highest BCUT2D eigenvalue weighted by Crippen LogP contribution is 2.33. The molecule has 0 radical (unpaired) electrons. The van der Waals surface area contributed by atoms with Gasteiger partial charge in [-0.05, 0) is 37.1 Å². The third-order valence-corrected chi connectivity index (χ3v) is 6.40. The number of rotatable bonds is 5.